The third-order valence-corrected chi connectivity index (χ3v) is 4.59. The van der Waals surface area contributed by atoms with Crippen molar-refractivity contribution in [3.05, 3.63) is 64.8 Å². The minimum Gasteiger partial charge on any atom is -0.346 e. The Labute approximate surface area is 150 Å². The number of fused-ring (bicyclic) bond motifs is 1. The van der Waals surface area contributed by atoms with E-state index in [-0.39, 0.29) is 23.2 Å². The van der Waals surface area contributed by atoms with Crippen LogP contribution in [0.3, 0.4) is 0 Å². The van der Waals surface area contributed by atoms with Gasteiger partial charge in [0.1, 0.15) is 5.69 Å². The van der Waals surface area contributed by atoms with Gasteiger partial charge in [-0.1, -0.05) is 18.2 Å². The minimum atomic E-state index is -0.270. The molecule has 0 bridgehead atoms. The van der Waals surface area contributed by atoms with Gasteiger partial charge in [-0.2, -0.15) is 0 Å². The largest absolute Gasteiger partial charge is 0.346 e. The molecule has 7 nitrogen and oxygen atoms in total. The average molecular weight is 349 g/mol. The third kappa shape index (κ3) is 3.28. The Kier molecular flexibility index (Phi) is 4.35. The summed E-state index contributed by atoms with van der Waals surface area (Å²) in [7, 11) is 0. The number of aromatic amines is 1. The number of piperidine rings is 1. The predicted molar refractivity (Wildman–Crippen MR) is 99.3 cm³/mol. The number of hydrogen-bond donors (Lipinski definition) is 2. The van der Waals surface area contributed by atoms with Gasteiger partial charge >= 0.3 is 0 Å². The van der Waals surface area contributed by atoms with Crippen molar-refractivity contribution in [1.82, 2.24) is 20.3 Å². The van der Waals surface area contributed by atoms with Crippen LogP contribution in [0.15, 0.2) is 53.6 Å². The second-order valence-electron chi connectivity index (χ2n) is 6.41. The molecule has 3 heterocycles. The molecule has 1 unspecified atom stereocenters. The van der Waals surface area contributed by atoms with Gasteiger partial charge in [-0.25, -0.2) is 9.97 Å². The summed E-state index contributed by atoms with van der Waals surface area (Å²) in [4.78, 5) is 38.1. The number of hydrogen-bond acceptors (Lipinski definition) is 5. The van der Waals surface area contributed by atoms with E-state index in [9.17, 15) is 9.59 Å². The Morgan fingerprint density at radius 2 is 2.00 bits per heavy atom. The Bertz CT molecular complexity index is 986. The molecular formula is C19H19N5O2. The summed E-state index contributed by atoms with van der Waals surface area (Å²) < 4.78 is 0. The molecule has 2 N–H and O–H groups in total. The van der Waals surface area contributed by atoms with Gasteiger partial charge < -0.3 is 15.2 Å². The van der Waals surface area contributed by atoms with Crippen molar-refractivity contribution in [2.24, 2.45) is 0 Å². The Morgan fingerprint density at radius 3 is 2.85 bits per heavy atom. The van der Waals surface area contributed by atoms with Crippen molar-refractivity contribution < 1.29 is 4.79 Å². The number of nitrogens with one attached hydrogen (secondary N) is 2. The molecule has 4 rings (SSSR count). The Morgan fingerprint density at radius 1 is 1.19 bits per heavy atom. The second kappa shape index (κ2) is 6.95. The summed E-state index contributed by atoms with van der Waals surface area (Å²) in [5, 5.41) is 4.35. The van der Waals surface area contributed by atoms with Crippen molar-refractivity contribution in [2.45, 2.75) is 18.9 Å². The first-order chi connectivity index (χ1) is 12.7. The van der Waals surface area contributed by atoms with Crippen LogP contribution in [0.4, 0.5) is 5.95 Å². The molecule has 3 aromatic rings. The number of carbonyl (C=O) groups excluding carboxylic acids is 1. The highest BCUT2D eigenvalue weighted by Gasteiger charge is 2.23. The fourth-order valence-electron chi connectivity index (χ4n) is 3.33. The fraction of sp³-hybridized carbons (Fsp3) is 0.263. The van der Waals surface area contributed by atoms with Gasteiger partial charge in [0.05, 0.1) is 0 Å². The fourth-order valence-corrected chi connectivity index (χ4v) is 3.33. The van der Waals surface area contributed by atoms with Crippen LogP contribution < -0.4 is 15.8 Å². The van der Waals surface area contributed by atoms with E-state index in [4.69, 9.17) is 0 Å². The molecule has 0 spiro atoms. The van der Waals surface area contributed by atoms with E-state index in [2.05, 4.69) is 25.2 Å². The molecule has 1 aromatic carbocycles. The first-order valence-electron chi connectivity index (χ1n) is 8.65. The van der Waals surface area contributed by atoms with Crippen molar-refractivity contribution in [1.29, 1.82) is 0 Å². The van der Waals surface area contributed by atoms with Crippen LogP contribution in [-0.2, 0) is 0 Å². The topological polar surface area (TPSA) is 91.0 Å². The van der Waals surface area contributed by atoms with Crippen molar-refractivity contribution in [3.63, 3.8) is 0 Å². The van der Waals surface area contributed by atoms with Gasteiger partial charge in [0.25, 0.3) is 11.5 Å². The van der Waals surface area contributed by atoms with Crippen LogP contribution in [0.1, 0.15) is 23.3 Å². The van der Waals surface area contributed by atoms with Gasteiger partial charge in [0.15, 0.2) is 0 Å². The molecule has 26 heavy (non-hydrogen) atoms. The lowest BCUT2D eigenvalue weighted by Crippen LogP contribution is -2.48. The number of carbonyl (C=O) groups is 1. The molecule has 1 amide bonds. The average Bonchev–Trinajstić information content (AvgIpc) is 2.69. The lowest BCUT2D eigenvalue weighted by molar-refractivity contribution is 0.0928. The van der Waals surface area contributed by atoms with Gasteiger partial charge in [0, 0.05) is 36.9 Å². The first kappa shape index (κ1) is 16.3. The quantitative estimate of drug-likeness (QED) is 0.751. The molecule has 0 aliphatic carbocycles. The molecule has 2 aromatic heterocycles. The molecule has 1 atom stereocenters. The summed E-state index contributed by atoms with van der Waals surface area (Å²) in [6.07, 6.45) is 5.25. The van der Waals surface area contributed by atoms with Crippen molar-refractivity contribution in [3.8, 4) is 0 Å². The van der Waals surface area contributed by atoms with E-state index in [0.29, 0.717) is 17.9 Å². The van der Waals surface area contributed by atoms with Gasteiger partial charge in [-0.3, -0.25) is 9.59 Å². The van der Waals surface area contributed by atoms with Crippen molar-refractivity contribution >= 4 is 22.6 Å². The minimum absolute atomic E-state index is 0.0185. The summed E-state index contributed by atoms with van der Waals surface area (Å²) in [5.41, 5.74) is 0.0259. The Balaban J connectivity index is 1.50. The van der Waals surface area contributed by atoms with Gasteiger partial charge in [0.2, 0.25) is 5.95 Å². The zero-order valence-corrected chi connectivity index (χ0v) is 14.2. The van der Waals surface area contributed by atoms with Crippen LogP contribution in [0.25, 0.3) is 10.8 Å². The SMILES string of the molecule is O=C(NC1CCCN(c2ncccn2)C1)c1cc2ccccc2c(=O)[nH]1. The van der Waals surface area contributed by atoms with Gasteiger partial charge in [-0.05, 0) is 36.4 Å². The maximum Gasteiger partial charge on any atom is 0.268 e. The second-order valence-corrected chi connectivity index (χ2v) is 6.41. The lowest BCUT2D eigenvalue weighted by atomic mass is 10.1. The Hall–Kier alpha value is -3.22. The molecular weight excluding hydrogens is 330 g/mol. The van der Waals surface area contributed by atoms with Crippen molar-refractivity contribution in [2.75, 3.05) is 18.0 Å². The number of aromatic nitrogens is 3. The molecule has 0 saturated carbocycles. The van der Waals surface area contributed by atoms with E-state index < -0.39 is 0 Å². The molecule has 1 aliphatic rings. The molecule has 1 aliphatic heterocycles. The zero-order chi connectivity index (χ0) is 17.9. The van der Waals surface area contributed by atoms with E-state index >= 15 is 0 Å². The molecule has 1 fully saturated rings. The normalized spacial score (nSPS) is 17.2. The summed E-state index contributed by atoms with van der Waals surface area (Å²) in [6, 6.07) is 10.7. The summed E-state index contributed by atoms with van der Waals surface area (Å²) in [6.45, 7) is 1.51. The zero-order valence-electron chi connectivity index (χ0n) is 14.2. The molecule has 1 saturated heterocycles. The number of nitrogens with zero attached hydrogens (tertiary/aromatic N) is 3. The van der Waals surface area contributed by atoms with E-state index in [0.717, 1.165) is 24.8 Å². The van der Waals surface area contributed by atoms with Gasteiger partial charge in [-0.15, -0.1) is 0 Å². The first-order valence-corrected chi connectivity index (χ1v) is 8.65. The van der Waals surface area contributed by atoms with Crippen LogP contribution in [0.2, 0.25) is 0 Å². The summed E-state index contributed by atoms with van der Waals surface area (Å²) >= 11 is 0. The maximum atomic E-state index is 12.6. The standard InChI is InChI=1S/C19H19N5O2/c25-17-15-7-2-1-5-13(15)11-16(23-17)18(26)22-14-6-3-10-24(12-14)19-20-8-4-9-21-19/h1-2,4-5,7-9,11,14H,3,6,10,12H2,(H,22,26)(H,23,25). The highest BCUT2D eigenvalue weighted by atomic mass is 16.2. The molecule has 7 heteroatoms. The molecule has 132 valence electrons. The number of benzene rings is 1. The number of anilines is 1. The smallest absolute Gasteiger partial charge is 0.268 e. The highest BCUT2D eigenvalue weighted by molar-refractivity contribution is 5.96. The number of pyridine rings is 1. The lowest BCUT2D eigenvalue weighted by Gasteiger charge is -2.33. The van der Waals surface area contributed by atoms with E-state index in [1.807, 2.05) is 12.1 Å². The monoisotopic (exact) mass is 349 g/mol. The maximum absolute atomic E-state index is 12.6. The molecule has 0 radical (unpaired) electrons. The number of rotatable bonds is 3. The van der Waals surface area contributed by atoms with E-state index in [1.54, 1.807) is 36.7 Å². The predicted octanol–water partition coefficient (Wildman–Crippen LogP) is 1.72. The van der Waals surface area contributed by atoms with Crippen LogP contribution >= 0.6 is 0 Å². The third-order valence-electron chi connectivity index (χ3n) is 4.59. The van der Waals surface area contributed by atoms with E-state index in [1.165, 1.54) is 0 Å². The highest BCUT2D eigenvalue weighted by Crippen LogP contribution is 2.16. The van der Waals surface area contributed by atoms with Crippen LogP contribution in [0, 0.1) is 0 Å². The van der Waals surface area contributed by atoms with Crippen LogP contribution in [-0.4, -0.2) is 40.0 Å². The number of H-pyrrole nitrogens is 1. The number of amides is 1. The summed E-state index contributed by atoms with van der Waals surface area (Å²) in [5.74, 6) is 0.402. The van der Waals surface area contributed by atoms with Crippen LogP contribution in [0.5, 0.6) is 0 Å².